The molecular formula is C11H16BrNO2S2. The number of sulfonamides is 1. The Kier molecular flexibility index (Phi) is 4.63. The van der Waals surface area contributed by atoms with Crippen molar-refractivity contribution in [3.63, 3.8) is 0 Å². The van der Waals surface area contributed by atoms with Crippen LogP contribution in [0.25, 0.3) is 0 Å². The van der Waals surface area contributed by atoms with E-state index in [9.17, 15) is 8.42 Å². The van der Waals surface area contributed by atoms with E-state index in [0.29, 0.717) is 21.5 Å². The van der Waals surface area contributed by atoms with Gasteiger partial charge in [0.1, 0.15) is 4.21 Å². The molecule has 96 valence electrons. The van der Waals surface area contributed by atoms with Gasteiger partial charge < -0.3 is 0 Å². The van der Waals surface area contributed by atoms with Gasteiger partial charge in [-0.05, 0) is 43.0 Å². The topological polar surface area (TPSA) is 46.2 Å². The third kappa shape index (κ3) is 3.77. The summed E-state index contributed by atoms with van der Waals surface area (Å²) in [5.74, 6) is 0.485. The molecular weight excluding hydrogens is 322 g/mol. The summed E-state index contributed by atoms with van der Waals surface area (Å²) in [5, 5.41) is 1.78. The molecule has 1 fully saturated rings. The Morgan fingerprint density at radius 2 is 2.06 bits per heavy atom. The fourth-order valence-electron chi connectivity index (χ4n) is 2.04. The van der Waals surface area contributed by atoms with E-state index in [1.807, 2.05) is 0 Å². The summed E-state index contributed by atoms with van der Waals surface area (Å²) in [7, 11) is -3.27. The lowest BCUT2D eigenvalue weighted by atomic mass is 9.89. The van der Waals surface area contributed by atoms with Gasteiger partial charge in [-0.15, -0.1) is 11.3 Å². The van der Waals surface area contributed by atoms with Crippen LogP contribution in [-0.4, -0.2) is 19.8 Å². The molecule has 2 rings (SSSR count). The van der Waals surface area contributed by atoms with Crippen molar-refractivity contribution in [3.05, 3.63) is 17.5 Å². The van der Waals surface area contributed by atoms with Crippen molar-refractivity contribution >= 4 is 37.3 Å². The summed E-state index contributed by atoms with van der Waals surface area (Å²) in [6.07, 6.45) is 4.49. The summed E-state index contributed by atoms with van der Waals surface area (Å²) in [5.41, 5.74) is 0. The van der Waals surface area contributed by atoms with E-state index in [-0.39, 0.29) is 0 Å². The molecule has 0 spiro atoms. The van der Waals surface area contributed by atoms with Crippen LogP contribution < -0.4 is 4.72 Å². The Morgan fingerprint density at radius 3 is 2.65 bits per heavy atom. The second kappa shape index (κ2) is 5.82. The number of rotatable bonds is 4. The summed E-state index contributed by atoms with van der Waals surface area (Å²) >= 11 is 4.86. The Morgan fingerprint density at radius 1 is 1.35 bits per heavy atom. The summed E-state index contributed by atoms with van der Waals surface area (Å²) < 4.78 is 26.9. The van der Waals surface area contributed by atoms with Gasteiger partial charge in [0.05, 0.1) is 0 Å². The molecule has 0 aromatic carbocycles. The van der Waals surface area contributed by atoms with Crippen LogP contribution in [0.15, 0.2) is 21.7 Å². The number of thiophene rings is 1. The van der Waals surface area contributed by atoms with Gasteiger partial charge in [-0.25, -0.2) is 13.1 Å². The minimum absolute atomic E-state index is 0.409. The third-order valence-corrected chi connectivity index (χ3v) is 6.83. The van der Waals surface area contributed by atoms with Crippen LogP contribution in [-0.2, 0) is 10.0 Å². The maximum atomic E-state index is 11.9. The van der Waals surface area contributed by atoms with E-state index >= 15 is 0 Å². The van der Waals surface area contributed by atoms with Crippen LogP contribution in [0.1, 0.15) is 25.7 Å². The molecule has 1 saturated carbocycles. The van der Waals surface area contributed by atoms with Crippen LogP contribution in [0.4, 0.5) is 0 Å². The molecule has 1 aromatic heterocycles. The van der Waals surface area contributed by atoms with E-state index in [1.54, 1.807) is 17.5 Å². The molecule has 1 aliphatic carbocycles. The van der Waals surface area contributed by atoms with Crippen molar-refractivity contribution < 1.29 is 8.42 Å². The molecule has 0 saturated heterocycles. The van der Waals surface area contributed by atoms with E-state index in [2.05, 4.69) is 20.7 Å². The van der Waals surface area contributed by atoms with E-state index in [0.717, 1.165) is 25.7 Å². The van der Waals surface area contributed by atoms with Crippen molar-refractivity contribution in [3.8, 4) is 0 Å². The minimum atomic E-state index is -3.27. The van der Waals surface area contributed by atoms with Crippen LogP contribution in [0.2, 0.25) is 0 Å². The zero-order valence-electron chi connectivity index (χ0n) is 9.43. The number of nitrogens with one attached hydrogen (secondary N) is 1. The lowest BCUT2D eigenvalue weighted by Crippen LogP contribution is -2.31. The van der Waals surface area contributed by atoms with Gasteiger partial charge in [-0.1, -0.05) is 22.0 Å². The van der Waals surface area contributed by atoms with Gasteiger partial charge in [-0.3, -0.25) is 0 Å². The molecule has 6 heteroatoms. The van der Waals surface area contributed by atoms with E-state index < -0.39 is 10.0 Å². The predicted molar refractivity (Wildman–Crippen MR) is 74.2 cm³/mol. The van der Waals surface area contributed by atoms with Gasteiger partial charge in [0.2, 0.25) is 10.0 Å². The highest BCUT2D eigenvalue weighted by atomic mass is 79.9. The Hall–Kier alpha value is 0.0900. The number of hydrogen-bond donors (Lipinski definition) is 1. The SMILES string of the molecule is O=S(=O)(NCC1CCC(Br)CC1)c1cccs1. The Labute approximate surface area is 115 Å². The van der Waals surface area contributed by atoms with Crippen LogP contribution in [0.3, 0.4) is 0 Å². The Balaban J connectivity index is 1.86. The fourth-order valence-corrected chi connectivity index (χ4v) is 4.72. The number of halogens is 1. The standard InChI is InChI=1S/C11H16BrNO2S2/c12-10-5-3-9(4-6-10)8-13-17(14,15)11-2-1-7-16-11/h1-2,7,9-10,13H,3-6,8H2. The molecule has 0 atom stereocenters. The zero-order chi connectivity index (χ0) is 12.3. The molecule has 1 heterocycles. The minimum Gasteiger partial charge on any atom is -0.210 e. The van der Waals surface area contributed by atoms with E-state index in [4.69, 9.17) is 0 Å². The molecule has 1 aromatic rings. The maximum Gasteiger partial charge on any atom is 0.250 e. The molecule has 1 N–H and O–H groups in total. The third-order valence-electron chi connectivity index (χ3n) is 3.10. The molecule has 1 aliphatic rings. The molecule has 0 bridgehead atoms. The van der Waals surface area contributed by atoms with Crippen molar-refractivity contribution in [1.82, 2.24) is 4.72 Å². The van der Waals surface area contributed by atoms with Crippen molar-refractivity contribution in [2.45, 2.75) is 34.7 Å². The highest BCUT2D eigenvalue weighted by molar-refractivity contribution is 9.09. The monoisotopic (exact) mass is 337 g/mol. The molecule has 0 unspecified atom stereocenters. The average Bonchev–Trinajstić information content (AvgIpc) is 2.82. The van der Waals surface area contributed by atoms with Gasteiger partial charge in [0.15, 0.2) is 0 Å². The van der Waals surface area contributed by atoms with Crippen LogP contribution >= 0.6 is 27.3 Å². The first kappa shape index (κ1) is 13.5. The summed E-state index contributed by atoms with van der Waals surface area (Å²) in [6, 6.07) is 3.40. The van der Waals surface area contributed by atoms with Crippen molar-refractivity contribution in [2.75, 3.05) is 6.54 Å². The highest BCUT2D eigenvalue weighted by Gasteiger charge is 2.22. The normalized spacial score (nSPS) is 25.9. The first-order chi connectivity index (χ1) is 8.08. The van der Waals surface area contributed by atoms with Crippen molar-refractivity contribution in [2.24, 2.45) is 5.92 Å². The van der Waals surface area contributed by atoms with Gasteiger partial charge in [-0.2, -0.15) is 0 Å². The van der Waals surface area contributed by atoms with E-state index in [1.165, 1.54) is 11.3 Å². The van der Waals surface area contributed by atoms with Gasteiger partial charge in [0.25, 0.3) is 0 Å². The summed E-state index contributed by atoms with van der Waals surface area (Å²) in [4.78, 5) is 0.618. The fraction of sp³-hybridized carbons (Fsp3) is 0.636. The van der Waals surface area contributed by atoms with Crippen LogP contribution in [0, 0.1) is 5.92 Å². The second-order valence-corrected chi connectivity index (χ2v) is 8.64. The Bertz CT molecular complexity index is 436. The largest absolute Gasteiger partial charge is 0.250 e. The zero-order valence-corrected chi connectivity index (χ0v) is 12.7. The number of hydrogen-bond acceptors (Lipinski definition) is 3. The quantitative estimate of drug-likeness (QED) is 0.858. The van der Waals surface area contributed by atoms with Gasteiger partial charge >= 0.3 is 0 Å². The predicted octanol–water partition coefficient (Wildman–Crippen LogP) is 2.98. The maximum absolute atomic E-state index is 11.9. The smallest absolute Gasteiger partial charge is 0.210 e. The summed E-state index contributed by atoms with van der Waals surface area (Å²) in [6.45, 7) is 0.569. The second-order valence-electron chi connectivity index (χ2n) is 4.40. The average molecular weight is 338 g/mol. The molecule has 3 nitrogen and oxygen atoms in total. The molecule has 17 heavy (non-hydrogen) atoms. The first-order valence-electron chi connectivity index (χ1n) is 5.75. The van der Waals surface area contributed by atoms with Gasteiger partial charge in [0, 0.05) is 11.4 Å². The lowest BCUT2D eigenvalue weighted by molar-refractivity contribution is 0.366. The molecule has 0 amide bonds. The van der Waals surface area contributed by atoms with Crippen LogP contribution in [0.5, 0.6) is 0 Å². The highest BCUT2D eigenvalue weighted by Crippen LogP contribution is 2.28. The van der Waals surface area contributed by atoms with Crippen molar-refractivity contribution in [1.29, 1.82) is 0 Å². The molecule has 0 aliphatic heterocycles. The lowest BCUT2D eigenvalue weighted by Gasteiger charge is -2.25. The molecule has 0 radical (unpaired) electrons. The number of alkyl halides is 1. The first-order valence-corrected chi connectivity index (χ1v) is 9.03.